The number of carbonyl (C=O) groups excluding carboxylic acids is 2. The lowest BCUT2D eigenvalue weighted by molar-refractivity contribution is -0.384. The van der Waals surface area contributed by atoms with Crippen LogP contribution in [0.15, 0.2) is 60.0 Å². The van der Waals surface area contributed by atoms with Gasteiger partial charge in [0.1, 0.15) is 5.01 Å². The van der Waals surface area contributed by atoms with Gasteiger partial charge >= 0.3 is 0 Å². The van der Waals surface area contributed by atoms with E-state index in [2.05, 4.69) is 10.3 Å². The van der Waals surface area contributed by atoms with Crippen LogP contribution in [0.4, 0.5) is 5.69 Å². The number of amides is 1. The number of nitro benzene ring substituents is 1. The predicted molar refractivity (Wildman–Crippen MR) is 119 cm³/mol. The van der Waals surface area contributed by atoms with E-state index in [0.717, 1.165) is 22.7 Å². The Labute approximate surface area is 184 Å². The van der Waals surface area contributed by atoms with Crippen LogP contribution >= 0.6 is 11.3 Å². The highest BCUT2D eigenvalue weighted by molar-refractivity contribution is 7.09. The topological polar surface area (TPSA) is 102 Å². The molecule has 8 heteroatoms. The second-order valence-corrected chi connectivity index (χ2v) is 7.96. The molecule has 0 unspecified atom stereocenters. The Hall–Kier alpha value is -3.39. The third-order valence-corrected chi connectivity index (χ3v) is 5.83. The van der Waals surface area contributed by atoms with Gasteiger partial charge in [-0.2, -0.15) is 0 Å². The number of aromatic nitrogens is 1. The Morgan fingerprint density at radius 3 is 2.42 bits per heavy atom. The largest absolute Gasteiger partial charge is 0.347 e. The summed E-state index contributed by atoms with van der Waals surface area (Å²) in [7, 11) is 0. The van der Waals surface area contributed by atoms with Crippen molar-refractivity contribution >= 4 is 28.7 Å². The van der Waals surface area contributed by atoms with E-state index in [0.29, 0.717) is 12.0 Å². The maximum Gasteiger partial charge on any atom is 0.269 e. The zero-order valence-corrected chi connectivity index (χ0v) is 17.9. The fourth-order valence-corrected chi connectivity index (χ4v) is 4.05. The molecule has 1 amide bonds. The first kappa shape index (κ1) is 22.3. The molecule has 1 aromatic heterocycles. The van der Waals surface area contributed by atoms with Crippen LogP contribution in [0, 0.1) is 10.1 Å². The Morgan fingerprint density at radius 2 is 1.81 bits per heavy atom. The number of benzene rings is 2. The van der Waals surface area contributed by atoms with Gasteiger partial charge in [-0.05, 0) is 18.4 Å². The molecule has 2 aromatic carbocycles. The summed E-state index contributed by atoms with van der Waals surface area (Å²) in [5, 5.41) is 16.6. The molecule has 3 aromatic rings. The average Bonchev–Trinajstić information content (AvgIpc) is 3.27. The number of nitro groups is 1. The van der Waals surface area contributed by atoms with E-state index in [4.69, 9.17) is 0 Å². The molecule has 0 aliphatic carbocycles. The van der Waals surface area contributed by atoms with E-state index < -0.39 is 4.92 Å². The van der Waals surface area contributed by atoms with Crippen LogP contribution in [0.5, 0.6) is 0 Å². The summed E-state index contributed by atoms with van der Waals surface area (Å²) in [6.45, 7) is 2.01. The summed E-state index contributed by atoms with van der Waals surface area (Å²) in [4.78, 5) is 39.9. The maximum absolute atomic E-state index is 12.6. The maximum atomic E-state index is 12.6. The van der Waals surface area contributed by atoms with Crippen LogP contribution in [-0.4, -0.2) is 21.6 Å². The summed E-state index contributed by atoms with van der Waals surface area (Å²) < 4.78 is 0. The summed E-state index contributed by atoms with van der Waals surface area (Å²) in [6.07, 6.45) is 1.45. The van der Waals surface area contributed by atoms with Crippen LogP contribution in [0.2, 0.25) is 0 Å². The van der Waals surface area contributed by atoms with E-state index in [9.17, 15) is 19.7 Å². The molecular weight excluding hydrogens is 414 g/mol. The molecule has 0 radical (unpaired) electrons. The van der Waals surface area contributed by atoms with Gasteiger partial charge in [-0.3, -0.25) is 19.7 Å². The van der Waals surface area contributed by atoms with Crippen molar-refractivity contribution in [3.05, 3.63) is 91.9 Å². The zero-order valence-electron chi connectivity index (χ0n) is 17.1. The molecule has 1 heterocycles. The van der Waals surface area contributed by atoms with E-state index >= 15 is 0 Å². The highest BCUT2D eigenvalue weighted by atomic mass is 32.1. The molecule has 1 N–H and O–H groups in total. The number of Topliss-reactive ketones (excluding diaryl/α,β-unsaturated/α-hetero) is 1. The highest BCUT2D eigenvalue weighted by Crippen LogP contribution is 2.24. The second-order valence-electron chi connectivity index (χ2n) is 7.07. The zero-order chi connectivity index (χ0) is 22.2. The summed E-state index contributed by atoms with van der Waals surface area (Å²) >= 11 is 1.47. The molecule has 31 heavy (non-hydrogen) atoms. The summed E-state index contributed by atoms with van der Waals surface area (Å²) in [5.74, 6) is -0.311. The van der Waals surface area contributed by atoms with Gasteiger partial charge in [-0.15, -0.1) is 11.3 Å². The van der Waals surface area contributed by atoms with Gasteiger partial charge in [0.15, 0.2) is 5.78 Å². The lowest BCUT2D eigenvalue weighted by Crippen LogP contribution is -2.30. The standard InChI is InChI=1S/C23H23N3O4S/c1-2-18-15-31-23(24-18)20(14-16-8-10-19(11-9-16)26(29)30)25-22(28)13-12-21(27)17-6-4-3-5-7-17/h3-11,15,20H,2,12-14H2,1H3,(H,25,28)/t20-/m0/s1. The molecule has 0 aliphatic heterocycles. The van der Waals surface area contributed by atoms with Crippen molar-refractivity contribution in [1.29, 1.82) is 0 Å². The molecule has 0 bridgehead atoms. The fraction of sp³-hybridized carbons (Fsp3) is 0.261. The Kier molecular flexibility index (Phi) is 7.61. The number of aryl methyl sites for hydroxylation is 1. The molecule has 7 nitrogen and oxygen atoms in total. The molecule has 0 aliphatic rings. The van der Waals surface area contributed by atoms with Crippen molar-refractivity contribution in [3.8, 4) is 0 Å². The number of thiazole rings is 1. The lowest BCUT2D eigenvalue weighted by atomic mass is 10.0. The van der Waals surface area contributed by atoms with Crippen molar-refractivity contribution < 1.29 is 14.5 Å². The Balaban J connectivity index is 1.68. The molecule has 160 valence electrons. The molecule has 1 atom stereocenters. The predicted octanol–water partition coefficient (Wildman–Crippen LogP) is 4.68. The first-order valence-electron chi connectivity index (χ1n) is 10.0. The van der Waals surface area contributed by atoms with Crippen molar-refractivity contribution in [2.24, 2.45) is 0 Å². The molecular formula is C23H23N3O4S. The van der Waals surface area contributed by atoms with Crippen LogP contribution < -0.4 is 5.32 Å². The minimum absolute atomic E-state index is 0.0197. The molecule has 0 fully saturated rings. The first-order valence-corrected chi connectivity index (χ1v) is 10.9. The van der Waals surface area contributed by atoms with Gasteiger partial charge in [0, 0.05) is 35.9 Å². The van der Waals surface area contributed by atoms with Gasteiger partial charge in [-0.1, -0.05) is 49.4 Å². The van der Waals surface area contributed by atoms with Crippen LogP contribution in [-0.2, 0) is 17.6 Å². The number of rotatable bonds is 10. The number of carbonyl (C=O) groups is 2. The second kappa shape index (κ2) is 10.6. The SMILES string of the molecule is CCc1csc([C@H](Cc2ccc([N+](=O)[O-])cc2)NC(=O)CCC(=O)c2ccccc2)n1. The van der Waals surface area contributed by atoms with E-state index in [1.807, 2.05) is 18.4 Å². The number of nitrogens with zero attached hydrogens (tertiary/aromatic N) is 2. The summed E-state index contributed by atoms with van der Waals surface area (Å²) in [6, 6.07) is 14.8. The van der Waals surface area contributed by atoms with Crippen LogP contribution in [0.3, 0.4) is 0 Å². The van der Waals surface area contributed by atoms with Crippen molar-refractivity contribution in [2.75, 3.05) is 0 Å². The van der Waals surface area contributed by atoms with Crippen molar-refractivity contribution in [1.82, 2.24) is 10.3 Å². The number of non-ortho nitro benzene ring substituents is 1. The molecule has 0 spiro atoms. The first-order chi connectivity index (χ1) is 15.0. The minimum Gasteiger partial charge on any atom is -0.347 e. The van der Waals surface area contributed by atoms with Crippen molar-refractivity contribution in [2.45, 2.75) is 38.6 Å². The van der Waals surface area contributed by atoms with E-state index in [1.54, 1.807) is 36.4 Å². The number of hydrogen-bond donors (Lipinski definition) is 1. The smallest absolute Gasteiger partial charge is 0.269 e. The number of ketones is 1. The van der Waals surface area contributed by atoms with Gasteiger partial charge < -0.3 is 5.32 Å². The third-order valence-electron chi connectivity index (χ3n) is 4.83. The van der Waals surface area contributed by atoms with Gasteiger partial charge in [0.2, 0.25) is 5.91 Å². The van der Waals surface area contributed by atoms with E-state index in [-0.39, 0.29) is 36.3 Å². The normalized spacial score (nSPS) is 11.6. The average molecular weight is 438 g/mol. The lowest BCUT2D eigenvalue weighted by Gasteiger charge is -2.17. The van der Waals surface area contributed by atoms with Crippen molar-refractivity contribution in [3.63, 3.8) is 0 Å². The van der Waals surface area contributed by atoms with E-state index in [1.165, 1.54) is 23.5 Å². The number of hydrogen-bond acceptors (Lipinski definition) is 6. The molecule has 3 rings (SSSR count). The molecule has 0 saturated carbocycles. The number of nitrogens with one attached hydrogen (secondary N) is 1. The fourth-order valence-electron chi connectivity index (χ4n) is 3.10. The van der Waals surface area contributed by atoms with Gasteiger partial charge in [-0.25, -0.2) is 4.98 Å². The van der Waals surface area contributed by atoms with Crippen LogP contribution in [0.1, 0.15) is 52.4 Å². The summed E-state index contributed by atoms with van der Waals surface area (Å²) in [5.41, 5.74) is 2.41. The quantitative estimate of drug-likeness (QED) is 0.282. The third kappa shape index (κ3) is 6.29. The Bertz CT molecular complexity index is 1050. The Morgan fingerprint density at radius 1 is 1.10 bits per heavy atom. The van der Waals surface area contributed by atoms with Gasteiger partial charge in [0.05, 0.1) is 16.7 Å². The van der Waals surface area contributed by atoms with Crippen LogP contribution in [0.25, 0.3) is 0 Å². The molecule has 0 saturated heterocycles. The van der Waals surface area contributed by atoms with Gasteiger partial charge in [0.25, 0.3) is 5.69 Å². The monoisotopic (exact) mass is 437 g/mol. The highest BCUT2D eigenvalue weighted by Gasteiger charge is 2.20. The minimum atomic E-state index is -0.443.